The minimum Gasteiger partial charge on any atom is -0.497 e. The van der Waals surface area contributed by atoms with Crippen LogP contribution < -0.4 is 30.2 Å². The average molecular weight is 438 g/mol. The van der Waals surface area contributed by atoms with E-state index in [1.165, 1.54) is 24.3 Å². The van der Waals surface area contributed by atoms with Crippen LogP contribution in [0.4, 0.5) is 24.5 Å². The van der Waals surface area contributed by atoms with Gasteiger partial charge in [-0.3, -0.25) is 4.99 Å². The zero-order chi connectivity index (χ0) is 22.4. The largest absolute Gasteiger partial charge is 0.573 e. The lowest BCUT2D eigenvalue weighted by atomic mass is 10.1. The van der Waals surface area contributed by atoms with Crippen molar-refractivity contribution in [2.75, 3.05) is 44.1 Å². The van der Waals surface area contributed by atoms with Crippen LogP contribution in [0.15, 0.2) is 47.5 Å². The molecule has 0 saturated carbocycles. The van der Waals surface area contributed by atoms with Crippen LogP contribution in [0.2, 0.25) is 0 Å². The van der Waals surface area contributed by atoms with Gasteiger partial charge >= 0.3 is 6.36 Å². The zero-order valence-electron chi connectivity index (χ0n) is 17.3. The summed E-state index contributed by atoms with van der Waals surface area (Å²) in [4.78, 5) is 6.62. The molecule has 1 fully saturated rings. The fourth-order valence-corrected chi connectivity index (χ4v) is 3.35. The zero-order valence-corrected chi connectivity index (χ0v) is 17.3. The van der Waals surface area contributed by atoms with Crippen molar-refractivity contribution in [1.82, 2.24) is 0 Å². The molecule has 0 aromatic heterocycles. The first-order chi connectivity index (χ1) is 14.8. The summed E-state index contributed by atoms with van der Waals surface area (Å²) in [7, 11) is 3.24. The van der Waals surface area contributed by atoms with Gasteiger partial charge in [0, 0.05) is 49.2 Å². The molecule has 1 aliphatic heterocycles. The van der Waals surface area contributed by atoms with E-state index in [4.69, 9.17) is 15.2 Å². The average Bonchev–Trinajstić information content (AvgIpc) is 3.21. The van der Waals surface area contributed by atoms with Gasteiger partial charge in [-0.15, -0.1) is 13.2 Å². The smallest absolute Gasteiger partial charge is 0.497 e. The first-order valence-corrected chi connectivity index (χ1v) is 9.66. The number of guanidine groups is 1. The quantitative estimate of drug-likeness (QED) is 0.505. The molecular formula is C21H25F3N4O3. The van der Waals surface area contributed by atoms with E-state index in [0.29, 0.717) is 18.2 Å². The molecular weight excluding hydrogens is 413 g/mol. The number of rotatable bonds is 7. The number of ether oxygens (including phenoxy) is 3. The maximum atomic E-state index is 12.2. The van der Waals surface area contributed by atoms with E-state index >= 15 is 0 Å². The molecule has 0 bridgehead atoms. The van der Waals surface area contributed by atoms with Crippen LogP contribution in [-0.2, 0) is 0 Å². The maximum absolute atomic E-state index is 12.2. The van der Waals surface area contributed by atoms with Gasteiger partial charge in [-0.2, -0.15) is 0 Å². The topological polar surface area (TPSA) is 81.3 Å². The molecule has 168 valence electrons. The molecule has 1 saturated heterocycles. The number of hydrogen-bond donors (Lipinski definition) is 2. The molecule has 7 nitrogen and oxygen atoms in total. The number of hydrogen-bond acceptors (Lipinski definition) is 5. The number of benzene rings is 2. The lowest BCUT2D eigenvalue weighted by molar-refractivity contribution is -0.274. The van der Waals surface area contributed by atoms with Crippen LogP contribution in [0.3, 0.4) is 0 Å². The fraction of sp³-hybridized carbons (Fsp3) is 0.381. The summed E-state index contributed by atoms with van der Waals surface area (Å²) in [6, 6.07) is 11.1. The first kappa shape index (κ1) is 22.4. The monoisotopic (exact) mass is 438 g/mol. The van der Waals surface area contributed by atoms with E-state index in [0.717, 1.165) is 36.7 Å². The van der Waals surface area contributed by atoms with Crippen LogP contribution in [0.25, 0.3) is 0 Å². The van der Waals surface area contributed by atoms with Crippen molar-refractivity contribution in [3.63, 3.8) is 0 Å². The molecule has 31 heavy (non-hydrogen) atoms. The molecule has 10 heteroatoms. The summed E-state index contributed by atoms with van der Waals surface area (Å²) in [5.74, 6) is 1.69. The summed E-state index contributed by atoms with van der Waals surface area (Å²) in [5.41, 5.74) is 7.47. The first-order valence-electron chi connectivity index (χ1n) is 9.66. The number of methoxy groups -OCH3 is 2. The molecule has 0 radical (unpaired) electrons. The number of nitrogens with two attached hydrogens (primary N) is 1. The third-order valence-corrected chi connectivity index (χ3v) is 4.87. The van der Waals surface area contributed by atoms with Gasteiger partial charge < -0.3 is 30.2 Å². The van der Waals surface area contributed by atoms with Crippen molar-refractivity contribution in [2.45, 2.75) is 12.8 Å². The summed E-state index contributed by atoms with van der Waals surface area (Å²) in [5, 5.41) is 2.87. The summed E-state index contributed by atoms with van der Waals surface area (Å²) < 4.78 is 51.2. The predicted octanol–water partition coefficient (Wildman–Crippen LogP) is 3.86. The molecule has 1 atom stereocenters. The molecule has 3 N–H and O–H groups in total. The third kappa shape index (κ3) is 6.59. The molecule has 1 unspecified atom stereocenters. The summed E-state index contributed by atoms with van der Waals surface area (Å²) in [6.45, 7) is 2.23. The fourth-order valence-electron chi connectivity index (χ4n) is 3.35. The Morgan fingerprint density at radius 3 is 2.32 bits per heavy atom. The lowest BCUT2D eigenvalue weighted by Gasteiger charge is -2.20. The number of nitrogens with zero attached hydrogens (tertiary/aromatic N) is 2. The predicted molar refractivity (Wildman–Crippen MR) is 113 cm³/mol. The molecule has 2 aromatic rings. The Balaban J connectivity index is 1.53. The minimum atomic E-state index is -4.72. The number of aliphatic imine (C=N–C) groups is 1. The van der Waals surface area contributed by atoms with Crippen molar-refractivity contribution >= 4 is 17.3 Å². The highest BCUT2D eigenvalue weighted by Gasteiger charge is 2.31. The van der Waals surface area contributed by atoms with E-state index in [9.17, 15) is 13.2 Å². The molecule has 2 aromatic carbocycles. The van der Waals surface area contributed by atoms with Crippen molar-refractivity contribution in [3.05, 3.63) is 42.5 Å². The third-order valence-electron chi connectivity index (χ3n) is 4.87. The molecule has 0 spiro atoms. The Bertz CT molecular complexity index is 881. The van der Waals surface area contributed by atoms with Crippen molar-refractivity contribution in [1.29, 1.82) is 0 Å². The van der Waals surface area contributed by atoms with E-state index in [1.807, 2.05) is 18.2 Å². The van der Waals surface area contributed by atoms with E-state index in [-0.39, 0.29) is 11.7 Å². The Hall–Kier alpha value is -3.30. The van der Waals surface area contributed by atoms with Gasteiger partial charge in [0.2, 0.25) is 0 Å². The number of anilines is 2. The van der Waals surface area contributed by atoms with Crippen molar-refractivity contribution in [2.24, 2.45) is 16.6 Å². The Labute approximate surface area is 178 Å². The molecule has 1 heterocycles. The number of nitrogens with one attached hydrogen (secondary N) is 1. The highest BCUT2D eigenvalue weighted by Crippen LogP contribution is 2.31. The second-order valence-corrected chi connectivity index (χ2v) is 7.09. The number of alkyl halides is 3. The highest BCUT2D eigenvalue weighted by molar-refractivity contribution is 5.92. The lowest BCUT2D eigenvalue weighted by Crippen LogP contribution is -2.25. The van der Waals surface area contributed by atoms with Gasteiger partial charge in [-0.25, -0.2) is 0 Å². The SMILES string of the molecule is COc1cc(OC)cc(N2CCC(CN=C(N)Nc3ccc(OC(F)(F)F)cc3)C2)c1. The molecule has 0 amide bonds. The number of halogens is 3. The van der Waals surface area contributed by atoms with Crippen LogP contribution >= 0.6 is 0 Å². The van der Waals surface area contributed by atoms with Gasteiger partial charge in [-0.1, -0.05) is 0 Å². The van der Waals surface area contributed by atoms with Crippen molar-refractivity contribution in [3.8, 4) is 17.2 Å². The van der Waals surface area contributed by atoms with Gasteiger partial charge in [0.05, 0.1) is 14.2 Å². The Morgan fingerprint density at radius 1 is 1.10 bits per heavy atom. The molecule has 1 aliphatic rings. The standard InChI is InChI=1S/C21H25F3N4O3/c1-29-18-9-16(10-19(11-18)30-2)28-8-7-14(13-28)12-26-20(25)27-15-3-5-17(6-4-15)31-21(22,23)24/h3-6,9-11,14H,7-8,12-13H2,1-2H3,(H3,25,26,27). The van der Waals surface area contributed by atoms with E-state index in [2.05, 4.69) is 19.9 Å². The van der Waals surface area contributed by atoms with Gasteiger partial charge in [-0.05, 0) is 36.6 Å². The van der Waals surface area contributed by atoms with Gasteiger partial charge in [0.1, 0.15) is 17.2 Å². The molecule has 3 rings (SSSR count). The second-order valence-electron chi connectivity index (χ2n) is 7.09. The minimum absolute atomic E-state index is 0.200. The van der Waals surface area contributed by atoms with Crippen LogP contribution in [0.5, 0.6) is 17.2 Å². The Morgan fingerprint density at radius 2 is 1.74 bits per heavy atom. The van der Waals surface area contributed by atoms with Crippen LogP contribution in [-0.4, -0.2) is 46.2 Å². The highest BCUT2D eigenvalue weighted by atomic mass is 19.4. The second kappa shape index (κ2) is 9.67. The Kier molecular flexibility index (Phi) is 6.98. The van der Waals surface area contributed by atoms with E-state index < -0.39 is 6.36 Å². The maximum Gasteiger partial charge on any atom is 0.573 e. The summed E-state index contributed by atoms with van der Waals surface area (Å²) in [6.07, 6.45) is -3.76. The van der Waals surface area contributed by atoms with Crippen LogP contribution in [0, 0.1) is 5.92 Å². The normalized spacial score (nSPS) is 16.9. The van der Waals surface area contributed by atoms with E-state index in [1.54, 1.807) is 14.2 Å². The summed E-state index contributed by atoms with van der Waals surface area (Å²) >= 11 is 0. The van der Waals surface area contributed by atoms with Gasteiger partial charge in [0.25, 0.3) is 0 Å². The van der Waals surface area contributed by atoms with Gasteiger partial charge in [0.15, 0.2) is 5.96 Å². The van der Waals surface area contributed by atoms with Crippen molar-refractivity contribution < 1.29 is 27.4 Å². The van der Waals surface area contributed by atoms with Crippen LogP contribution in [0.1, 0.15) is 6.42 Å². The molecule has 0 aliphatic carbocycles.